The zero-order valence-corrected chi connectivity index (χ0v) is 20.1. The molecule has 4 rings (SSSR count). The number of amides is 6. The molecule has 3 saturated heterocycles. The van der Waals surface area contributed by atoms with Gasteiger partial charge >= 0.3 is 6.03 Å². The molecule has 12 nitrogen and oxygen atoms in total. The number of carbonyl (C=O) groups excluding carboxylic acids is 6. The molecule has 4 aliphatic rings. The highest BCUT2D eigenvalue weighted by Crippen LogP contribution is 2.64. The van der Waals surface area contributed by atoms with E-state index in [1.807, 2.05) is 34.6 Å². The average Bonchev–Trinajstić information content (AvgIpc) is 3.06. The maximum atomic E-state index is 13.3. The second-order valence-corrected chi connectivity index (χ2v) is 11.2. The van der Waals surface area contributed by atoms with Gasteiger partial charge in [0.2, 0.25) is 23.5 Å². The second kappa shape index (κ2) is 7.95. The van der Waals surface area contributed by atoms with Gasteiger partial charge in [-0.05, 0) is 38.0 Å². The first kappa shape index (κ1) is 24.0. The molecule has 12 heteroatoms. The molecule has 0 radical (unpaired) electrons. The highest BCUT2D eigenvalue weighted by molar-refractivity contribution is 6.39. The summed E-state index contributed by atoms with van der Waals surface area (Å²) in [5.41, 5.74) is -0.616. The quantitative estimate of drug-likeness (QED) is 0.355. The van der Waals surface area contributed by atoms with Crippen LogP contribution in [0.2, 0.25) is 0 Å². The Kier molecular flexibility index (Phi) is 5.60. The Hall–Kier alpha value is -3.18. The third-order valence-corrected chi connectivity index (χ3v) is 7.35. The fraction of sp³-hybridized carbons (Fsp3) is 0.727. The third-order valence-electron chi connectivity index (χ3n) is 7.35. The number of nitrogens with one attached hydrogen (secondary N) is 4. The van der Waals surface area contributed by atoms with Crippen LogP contribution in [0.4, 0.5) is 4.79 Å². The van der Waals surface area contributed by atoms with E-state index in [9.17, 15) is 28.8 Å². The molecule has 186 valence electrons. The lowest BCUT2D eigenvalue weighted by Gasteiger charge is -2.34. The number of piperidine rings is 2. The van der Waals surface area contributed by atoms with E-state index < -0.39 is 53.2 Å². The van der Waals surface area contributed by atoms with Crippen LogP contribution in [0.25, 0.3) is 0 Å². The molecule has 0 aromatic rings. The van der Waals surface area contributed by atoms with E-state index in [0.717, 1.165) is 0 Å². The van der Waals surface area contributed by atoms with Crippen LogP contribution in [-0.2, 0) is 24.0 Å². The van der Waals surface area contributed by atoms with E-state index in [1.165, 1.54) is 9.80 Å². The molecule has 0 aromatic heterocycles. The van der Waals surface area contributed by atoms with Gasteiger partial charge in [0.1, 0.15) is 12.1 Å². The molecule has 0 aromatic carbocycles. The summed E-state index contributed by atoms with van der Waals surface area (Å²) in [6.45, 7) is 9.57. The van der Waals surface area contributed by atoms with Gasteiger partial charge in [-0.3, -0.25) is 24.0 Å². The van der Waals surface area contributed by atoms with Crippen LogP contribution in [0.3, 0.4) is 0 Å². The van der Waals surface area contributed by atoms with Crippen LogP contribution in [0.15, 0.2) is 0 Å². The first-order valence-electron chi connectivity index (χ1n) is 11.5. The number of nitrogens with zero attached hydrogens (tertiary/aromatic N) is 2. The Morgan fingerprint density at radius 2 is 1.82 bits per heavy atom. The summed E-state index contributed by atoms with van der Waals surface area (Å²) in [6.07, 6.45) is -0.00513. The topological polar surface area (TPSA) is 157 Å². The van der Waals surface area contributed by atoms with Crippen molar-refractivity contribution >= 4 is 35.4 Å². The van der Waals surface area contributed by atoms with Crippen LogP contribution in [0, 0.1) is 17.3 Å². The number of rotatable bonds is 4. The molecule has 4 N–H and O–H groups in total. The summed E-state index contributed by atoms with van der Waals surface area (Å²) < 4.78 is 0. The van der Waals surface area contributed by atoms with Gasteiger partial charge in [-0.2, -0.15) is 0 Å². The van der Waals surface area contributed by atoms with Crippen molar-refractivity contribution in [2.75, 3.05) is 19.8 Å². The SMILES string of the molecule is CC(C)(C)NC(=O)NCC(=O)N1C[C@H]2[C@@H]([C@H]1C(=O)N[C@H]1C[C@H]3C(=O)NCN3C(=O)C1=O)C2(C)C. The molecule has 5 atom stereocenters. The standard InChI is InChI=1S/C22H32N6O6/c1-21(2,3)26-20(34)23-7-13(29)27-8-10-14(22(10,4)5)15(27)18(32)25-11-6-12-17(31)24-9-28(12)19(33)16(11)30/h10-12,14-15H,6-9H2,1-5H3,(H,24,31)(H,25,32)(H2,23,26,34)/t10-,11-,12-,14-,15-/m0/s1. The Labute approximate surface area is 197 Å². The monoisotopic (exact) mass is 476 g/mol. The molecule has 0 unspecified atom stereocenters. The number of fused-ring (bicyclic) bond motifs is 2. The van der Waals surface area contributed by atoms with Crippen LogP contribution < -0.4 is 21.3 Å². The lowest BCUT2D eigenvalue weighted by atomic mass is 9.95. The summed E-state index contributed by atoms with van der Waals surface area (Å²) in [4.78, 5) is 77.9. The summed E-state index contributed by atoms with van der Waals surface area (Å²) >= 11 is 0. The first-order valence-corrected chi connectivity index (χ1v) is 11.5. The summed E-state index contributed by atoms with van der Waals surface area (Å²) in [5, 5.41) is 10.4. The van der Waals surface area contributed by atoms with Crippen LogP contribution >= 0.6 is 0 Å². The van der Waals surface area contributed by atoms with E-state index in [2.05, 4.69) is 21.3 Å². The Morgan fingerprint density at radius 1 is 1.15 bits per heavy atom. The normalized spacial score (nSPS) is 31.4. The van der Waals surface area contributed by atoms with Gasteiger partial charge in [0, 0.05) is 18.5 Å². The fourth-order valence-corrected chi connectivity index (χ4v) is 5.47. The molecule has 3 aliphatic heterocycles. The Balaban J connectivity index is 1.43. The predicted molar refractivity (Wildman–Crippen MR) is 118 cm³/mol. The molecule has 34 heavy (non-hydrogen) atoms. The largest absolute Gasteiger partial charge is 0.344 e. The summed E-state index contributed by atoms with van der Waals surface area (Å²) in [5.74, 6) is -2.85. The molecule has 4 fully saturated rings. The molecule has 1 saturated carbocycles. The first-order chi connectivity index (χ1) is 15.7. The lowest BCUT2D eigenvalue weighted by molar-refractivity contribution is -0.152. The molecule has 0 spiro atoms. The number of ketones is 1. The van der Waals surface area contributed by atoms with Crippen molar-refractivity contribution < 1.29 is 28.8 Å². The molecular weight excluding hydrogens is 444 g/mol. The van der Waals surface area contributed by atoms with Crippen molar-refractivity contribution in [2.45, 2.75) is 64.7 Å². The van der Waals surface area contributed by atoms with Crippen LogP contribution in [-0.4, -0.2) is 88.7 Å². The number of Topliss-reactive ketones (excluding diaryl/α,β-unsaturated/α-hetero) is 1. The smallest absolute Gasteiger partial charge is 0.315 e. The van der Waals surface area contributed by atoms with E-state index in [1.54, 1.807) is 0 Å². The third kappa shape index (κ3) is 4.09. The van der Waals surface area contributed by atoms with E-state index in [4.69, 9.17) is 0 Å². The highest BCUT2D eigenvalue weighted by atomic mass is 16.2. The molecule has 1 aliphatic carbocycles. The molecule has 3 heterocycles. The van der Waals surface area contributed by atoms with Gasteiger partial charge in [0.15, 0.2) is 0 Å². The highest BCUT2D eigenvalue weighted by Gasteiger charge is 2.69. The average molecular weight is 477 g/mol. The van der Waals surface area contributed by atoms with Crippen molar-refractivity contribution in [3.8, 4) is 0 Å². The minimum absolute atomic E-state index is 0.00513. The zero-order chi connectivity index (χ0) is 25.2. The molecule has 6 amide bonds. The van der Waals surface area contributed by atoms with E-state index in [-0.39, 0.29) is 42.8 Å². The number of hydrogen-bond acceptors (Lipinski definition) is 6. The minimum Gasteiger partial charge on any atom is -0.344 e. The van der Waals surface area contributed by atoms with Crippen molar-refractivity contribution in [1.29, 1.82) is 0 Å². The summed E-state index contributed by atoms with van der Waals surface area (Å²) in [7, 11) is 0. The number of carbonyl (C=O) groups is 6. The van der Waals surface area contributed by atoms with Crippen molar-refractivity contribution in [3.05, 3.63) is 0 Å². The maximum Gasteiger partial charge on any atom is 0.315 e. The van der Waals surface area contributed by atoms with Gasteiger partial charge in [-0.15, -0.1) is 0 Å². The van der Waals surface area contributed by atoms with Gasteiger partial charge < -0.3 is 31.1 Å². The fourth-order valence-electron chi connectivity index (χ4n) is 5.47. The van der Waals surface area contributed by atoms with Gasteiger partial charge in [-0.25, -0.2) is 4.79 Å². The van der Waals surface area contributed by atoms with E-state index in [0.29, 0.717) is 6.54 Å². The van der Waals surface area contributed by atoms with Crippen molar-refractivity contribution in [3.63, 3.8) is 0 Å². The van der Waals surface area contributed by atoms with Crippen LogP contribution in [0.5, 0.6) is 0 Å². The Bertz CT molecular complexity index is 971. The lowest BCUT2D eigenvalue weighted by Crippen LogP contribution is -2.61. The minimum atomic E-state index is -1.13. The molecule has 0 bridgehead atoms. The number of likely N-dealkylation sites (tertiary alicyclic amines) is 1. The van der Waals surface area contributed by atoms with E-state index >= 15 is 0 Å². The van der Waals surface area contributed by atoms with Crippen molar-refractivity contribution in [1.82, 2.24) is 31.1 Å². The Morgan fingerprint density at radius 3 is 2.47 bits per heavy atom. The van der Waals surface area contributed by atoms with Gasteiger partial charge in [-0.1, -0.05) is 13.8 Å². The second-order valence-electron chi connectivity index (χ2n) is 11.2. The number of hydrogen-bond donors (Lipinski definition) is 4. The summed E-state index contributed by atoms with van der Waals surface area (Å²) in [6, 6.07) is -3.23. The van der Waals surface area contributed by atoms with Gasteiger partial charge in [0.25, 0.3) is 5.91 Å². The zero-order valence-electron chi connectivity index (χ0n) is 20.1. The van der Waals surface area contributed by atoms with Gasteiger partial charge in [0.05, 0.1) is 19.3 Å². The number of urea groups is 1. The van der Waals surface area contributed by atoms with Crippen molar-refractivity contribution in [2.24, 2.45) is 17.3 Å². The van der Waals surface area contributed by atoms with Crippen LogP contribution in [0.1, 0.15) is 41.0 Å². The maximum absolute atomic E-state index is 13.3. The predicted octanol–water partition coefficient (Wildman–Crippen LogP) is -1.69. The molecular formula is C22H32N6O6.